The molecule has 1 aliphatic heterocycles. The van der Waals surface area contributed by atoms with E-state index in [1.165, 1.54) is 0 Å². The number of aliphatic imine (C=N–C) groups is 1. The fourth-order valence-electron chi connectivity index (χ4n) is 1.83. The first-order valence-corrected chi connectivity index (χ1v) is 5.29. The van der Waals surface area contributed by atoms with E-state index >= 15 is 0 Å². The molecule has 0 saturated carbocycles. The monoisotopic (exact) mass is 212 g/mol. The lowest BCUT2D eigenvalue weighted by atomic mass is 9.84. The van der Waals surface area contributed by atoms with Crippen LogP contribution in [0.1, 0.15) is 27.2 Å². The van der Waals surface area contributed by atoms with E-state index < -0.39 is 11.9 Å². The molecule has 0 spiro atoms. The predicted octanol–water partition coefficient (Wildman–Crippen LogP) is 1.47. The number of aliphatic carboxylic acids is 1. The highest BCUT2D eigenvalue weighted by Crippen LogP contribution is 2.27. The first-order chi connectivity index (χ1) is 6.81. The lowest BCUT2D eigenvalue weighted by Gasteiger charge is -2.26. The van der Waals surface area contributed by atoms with E-state index in [1.807, 2.05) is 11.9 Å². The van der Waals surface area contributed by atoms with Crippen LogP contribution in [0.15, 0.2) is 4.99 Å². The van der Waals surface area contributed by atoms with Gasteiger partial charge in [0, 0.05) is 13.6 Å². The Kier molecular flexibility index (Phi) is 3.37. The summed E-state index contributed by atoms with van der Waals surface area (Å²) in [6.45, 7) is 7.72. The Balaban J connectivity index is 2.79. The zero-order valence-electron chi connectivity index (χ0n) is 9.95. The zero-order chi connectivity index (χ0) is 11.6. The Morgan fingerprint density at radius 2 is 2.20 bits per heavy atom. The summed E-state index contributed by atoms with van der Waals surface area (Å²) in [7, 11) is 1.91. The van der Waals surface area contributed by atoms with Crippen LogP contribution in [0, 0.1) is 11.3 Å². The minimum atomic E-state index is -0.766. The van der Waals surface area contributed by atoms with Crippen LogP contribution in [0.25, 0.3) is 0 Å². The smallest absolute Gasteiger partial charge is 0.314 e. The molecule has 1 aliphatic rings. The van der Waals surface area contributed by atoms with Crippen LogP contribution in [0.5, 0.6) is 0 Å². The molecule has 1 heterocycles. The van der Waals surface area contributed by atoms with Gasteiger partial charge in [-0.1, -0.05) is 20.8 Å². The summed E-state index contributed by atoms with van der Waals surface area (Å²) in [6.07, 6.45) is 0.630. The Bertz CT molecular complexity index is 279. The van der Waals surface area contributed by atoms with Crippen molar-refractivity contribution in [3.05, 3.63) is 0 Å². The maximum Gasteiger partial charge on any atom is 0.314 e. The van der Waals surface area contributed by atoms with Crippen molar-refractivity contribution in [3.63, 3.8) is 0 Å². The molecule has 0 aromatic carbocycles. The molecule has 0 amide bonds. The molecule has 1 rings (SSSR count). The number of carboxylic acid groups (broad SMARTS) is 1. The third-order valence-corrected chi connectivity index (χ3v) is 2.53. The SMILES string of the molecule is CN1CCN=C1C(CC(C)(C)C)C(=O)O. The van der Waals surface area contributed by atoms with Crippen LogP contribution in [-0.2, 0) is 4.79 Å². The van der Waals surface area contributed by atoms with Crippen molar-refractivity contribution in [1.82, 2.24) is 4.90 Å². The lowest BCUT2D eigenvalue weighted by Crippen LogP contribution is -2.36. The maximum absolute atomic E-state index is 11.2. The van der Waals surface area contributed by atoms with Gasteiger partial charge in [-0.05, 0) is 11.8 Å². The van der Waals surface area contributed by atoms with Gasteiger partial charge in [-0.3, -0.25) is 9.79 Å². The second kappa shape index (κ2) is 4.21. The molecule has 0 bridgehead atoms. The van der Waals surface area contributed by atoms with E-state index in [0.29, 0.717) is 6.42 Å². The van der Waals surface area contributed by atoms with Crippen molar-refractivity contribution in [1.29, 1.82) is 0 Å². The molecule has 0 aromatic heterocycles. The Morgan fingerprint density at radius 1 is 1.60 bits per heavy atom. The molecule has 15 heavy (non-hydrogen) atoms. The Hall–Kier alpha value is -1.06. The first kappa shape index (κ1) is 12.0. The molecule has 0 fully saturated rings. The van der Waals surface area contributed by atoms with Crippen LogP contribution in [0.2, 0.25) is 0 Å². The molecular weight excluding hydrogens is 192 g/mol. The van der Waals surface area contributed by atoms with Crippen molar-refractivity contribution in [2.45, 2.75) is 27.2 Å². The summed E-state index contributed by atoms with van der Waals surface area (Å²) in [4.78, 5) is 17.4. The van der Waals surface area contributed by atoms with Crippen LogP contribution < -0.4 is 0 Å². The molecule has 86 valence electrons. The third-order valence-electron chi connectivity index (χ3n) is 2.53. The second-order valence-corrected chi connectivity index (χ2v) is 5.32. The van der Waals surface area contributed by atoms with Crippen LogP contribution in [0.4, 0.5) is 0 Å². The van der Waals surface area contributed by atoms with Gasteiger partial charge in [0.2, 0.25) is 0 Å². The topological polar surface area (TPSA) is 52.9 Å². The average Bonchev–Trinajstić information content (AvgIpc) is 2.45. The number of likely N-dealkylation sites (N-methyl/N-ethyl adjacent to an activating group) is 1. The number of carbonyl (C=O) groups is 1. The van der Waals surface area contributed by atoms with Gasteiger partial charge in [0.1, 0.15) is 11.8 Å². The lowest BCUT2D eigenvalue weighted by molar-refractivity contribution is -0.140. The van der Waals surface area contributed by atoms with Gasteiger partial charge >= 0.3 is 5.97 Å². The zero-order valence-corrected chi connectivity index (χ0v) is 9.95. The predicted molar refractivity (Wildman–Crippen MR) is 60.1 cm³/mol. The van der Waals surface area contributed by atoms with Gasteiger partial charge in [0.15, 0.2) is 0 Å². The maximum atomic E-state index is 11.2. The van der Waals surface area contributed by atoms with Crippen molar-refractivity contribution in [3.8, 4) is 0 Å². The molecule has 1 atom stereocenters. The van der Waals surface area contributed by atoms with E-state index in [-0.39, 0.29) is 5.41 Å². The van der Waals surface area contributed by atoms with Crippen molar-refractivity contribution in [2.24, 2.45) is 16.3 Å². The third kappa shape index (κ3) is 3.22. The standard InChI is InChI=1S/C11H20N2O2/c1-11(2,3)7-8(10(14)15)9-12-5-6-13(9)4/h8H,5-7H2,1-4H3,(H,14,15). The molecule has 0 radical (unpaired) electrons. The molecule has 1 N–H and O–H groups in total. The minimum absolute atomic E-state index is 0.00894. The molecule has 1 unspecified atom stereocenters. The van der Waals surface area contributed by atoms with Gasteiger partial charge in [0.25, 0.3) is 0 Å². The van der Waals surface area contributed by atoms with E-state index in [2.05, 4.69) is 25.8 Å². The highest BCUT2D eigenvalue weighted by molar-refractivity contribution is 6.00. The van der Waals surface area contributed by atoms with Crippen LogP contribution >= 0.6 is 0 Å². The molecule has 0 aliphatic carbocycles. The largest absolute Gasteiger partial charge is 0.481 e. The molecule has 0 aromatic rings. The summed E-state index contributed by atoms with van der Waals surface area (Å²) in [5.74, 6) is -0.493. The number of nitrogens with zero attached hydrogens (tertiary/aromatic N) is 2. The Morgan fingerprint density at radius 3 is 2.53 bits per heavy atom. The van der Waals surface area contributed by atoms with Gasteiger partial charge in [-0.25, -0.2) is 0 Å². The normalized spacial score (nSPS) is 18.9. The fourth-order valence-corrected chi connectivity index (χ4v) is 1.83. The fraction of sp³-hybridized carbons (Fsp3) is 0.818. The van der Waals surface area contributed by atoms with Crippen LogP contribution in [0.3, 0.4) is 0 Å². The van der Waals surface area contributed by atoms with E-state index in [4.69, 9.17) is 0 Å². The summed E-state index contributed by atoms with van der Waals surface area (Å²) in [5, 5.41) is 9.21. The highest BCUT2D eigenvalue weighted by Gasteiger charge is 2.32. The van der Waals surface area contributed by atoms with Gasteiger partial charge in [-0.15, -0.1) is 0 Å². The first-order valence-electron chi connectivity index (χ1n) is 5.29. The van der Waals surface area contributed by atoms with E-state index in [0.717, 1.165) is 18.9 Å². The number of carboxylic acids is 1. The number of rotatable bonds is 3. The molecule has 4 heteroatoms. The van der Waals surface area contributed by atoms with Crippen molar-refractivity contribution in [2.75, 3.05) is 20.1 Å². The quantitative estimate of drug-likeness (QED) is 0.770. The summed E-state index contributed by atoms with van der Waals surface area (Å²) >= 11 is 0. The van der Waals surface area contributed by atoms with E-state index in [9.17, 15) is 9.90 Å². The van der Waals surface area contributed by atoms with E-state index in [1.54, 1.807) is 0 Å². The minimum Gasteiger partial charge on any atom is -0.481 e. The van der Waals surface area contributed by atoms with Crippen molar-refractivity contribution >= 4 is 11.8 Å². The van der Waals surface area contributed by atoms with Crippen LogP contribution in [-0.4, -0.2) is 41.9 Å². The highest BCUT2D eigenvalue weighted by atomic mass is 16.4. The molecule has 0 saturated heterocycles. The summed E-state index contributed by atoms with van der Waals surface area (Å²) < 4.78 is 0. The number of amidine groups is 1. The van der Waals surface area contributed by atoms with Gasteiger partial charge in [-0.2, -0.15) is 0 Å². The average molecular weight is 212 g/mol. The van der Waals surface area contributed by atoms with Gasteiger partial charge in [0.05, 0.1) is 6.54 Å². The summed E-state index contributed by atoms with van der Waals surface area (Å²) in [5.41, 5.74) is 0.00894. The Labute approximate surface area is 91.0 Å². The molecule has 4 nitrogen and oxygen atoms in total. The number of hydrogen-bond acceptors (Lipinski definition) is 3. The van der Waals surface area contributed by atoms with Crippen molar-refractivity contribution < 1.29 is 9.90 Å². The molecular formula is C11H20N2O2. The second-order valence-electron chi connectivity index (χ2n) is 5.32. The number of hydrogen-bond donors (Lipinski definition) is 1. The summed E-state index contributed by atoms with van der Waals surface area (Å²) in [6, 6.07) is 0. The van der Waals surface area contributed by atoms with Gasteiger partial charge < -0.3 is 10.0 Å².